The first-order chi connectivity index (χ1) is 13.3. The Bertz CT molecular complexity index is 1090. The Hall–Kier alpha value is -2.43. The minimum Gasteiger partial charge on any atom is -0.382 e. The van der Waals surface area contributed by atoms with Crippen molar-refractivity contribution in [2.75, 3.05) is 16.8 Å². The summed E-state index contributed by atoms with van der Waals surface area (Å²) in [5, 5.41) is 4.78. The van der Waals surface area contributed by atoms with Gasteiger partial charge in [0, 0.05) is 5.69 Å². The summed E-state index contributed by atoms with van der Waals surface area (Å²) in [5.41, 5.74) is 8.58. The molecule has 3 rings (SSSR count). The highest BCUT2D eigenvalue weighted by Crippen LogP contribution is 2.28. The molecule has 146 valence electrons. The molecule has 3 aromatic rings. The van der Waals surface area contributed by atoms with Crippen LogP contribution in [0.4, 0.5) is 11.5 Å². The molecule has 0 saturated carbocycles. The number of sulfone groups is 1. The lowest BCUT2D eigenvalue weighted by Crippen LogP contribution is -2.16. The van der Waals surface area contributed by atoms with Gasteiger partial charge in [0.25, 0.3) is 0 Å². The Morgan fingerprint density at radius 1 is 1.21 bits per heavy atom. The predicted molar refractivity (Wildman–Crippen MR) is 111 cm³/mol. The number of thioether (sulfide) groups is 1. The van der Waals surface area contributed by atoms with Crippen molar-refractivity contribution >= 4 is 50.3 Å². The first-order valence-electron chi connectivity index (χ1n) is 8.19. The average Bonchev–Trinajstić information content (AvgIpc) is 3.19. The Balaban J connectivity index is 1.69. The lowest BCUT2D eigenvalue weighted by Gasteiger charge is -2.11. The van der Waals surface area contributed by atoms with E-state index in [2.05, 4.69) is 15.3 Å². The summed E-state index contributed by atoms with van der Waals surface area (Å²) in [6.45, 7) is 3.85. The van der Waals surface area contributed by atoms with Crippen LogP contribution in [0.25, 0.3) is 0 Å². The van der Waals surface area contributed by atoms with E-state index in [1.807, 2.05) is 32.0 Å². The number of aromatic nitrogens is 2. The van der Waals surface area contributed by atoms with Gasteiger partial charge in [0.2, 0.25) is 15.7 Å². The number of rotatable bonds is 6. The molecule has 0 fully saturated rings. The van der Waals surface area contributed by atoms with Crippen LogP contribution in [0.5, 0.6) is 0 Å². The summed E-state index contributed by atoms with van der Waals surface area (Å²) in [7, 11) is -3.74. The van der Waals surface area contributed by atoms with Gasteiger partial charge in [-0.05, 0) is 36.4 Å². The molecule has 1 amide bonds. The van der Waals surface area contributed by atoms with Crippen LogP contribution in [-0.2, 0) is 14.6 Å². The van der Waals surface area contributed by atoms with Gasteiger partial charge in [0.1, 0.15) is 14.9 Å². The quantitative estimate of drug-likeness (QED) is 0.452. The lowest BCUT2D eigenvalue weighted by atomic mass is 10.1. The number of anilines is 2. The zero-order valence-corrected chi connectivity index (χ0v) is 17.6. The molecular weight excluding hydrogens is 416 g/mol. The maximum absolute atomic E-state index is 12.5. The van der Waals surface area contributed by atoms with Gasteiger partial charge < -0.3 is 11.1 Å². The fourth-order valence-corrected chi connectivity index (χ4v) is 5.49. The van der Waals surface area contributed by atoms with E-state index in [0.717, 1.165) is 39.9 Å². The van der Waals surface area contributed by atoms with Gasteiger partial charge in [-0.1, -0.05) is 36.0 Å². The molecule has 1 aromatic carbocycles. The molecule has 0 radical (unpaired) electrons. The number of benzene rings is 1. The second kappa shape index (κ2) is 8.29. The normalized spacial score (nSPS) is 11.4. The van der Waals surface area contributed by atoms with Crippen LogP contribution in [-0.4, -0.2) is 30.0 Å². The van der Waals surface area contributed by atoms with E-state index in [1.54, 1.807) is 11.4 Å². The van der Waals surface area contributed by atoms with Crippen LogP contribution >= 0.6 is 23.1 Å². The van der Waals surface area contributed by atoms with Gasteiger partial charge in [-0.15, -0.1) is 11.3 Å². The Morgan fingerprint density at radius 3 is 2.54 bits per heavy atom. The van der Waals surface area contributed by atoms with Crippen molar-refractivity contribution in [2.45, 2.75) is 28.1 Å². The summed E-state index contributed by atoms with van der Waals surface area (Å²) in [4.78, 5) is 20.2. The molecule has 10 heteroatoms. The van der Waals surface area contributed by atoms with Gasteiger partial charge in [-0.25, -0.2) is 18.4 Å². The number of carbonyl (C=O) groups is 1. The SMILES string of the molecule is Cc1cccc(C)c1NC(=O)CSc1ncc(S(=O)(=O)c2cccs2)c(N)n1. The molecule has 0 spiro atoms. The molecule has 0 aliphatic rings. The predicted octanol–water partition coefficient (Wildman–Crippen LogP) is 3.30. The molecule has 0 atom stereocenters. The number of nitrogen functional groups attached to an aromatic ring is 1. The average molecular weight is 435 g/mol. The van der Waals surface area contributed by atoms with Crippen LogP contribution in [0.2, 0.25) is 0 Å². The van der Waals surface area contributed by atoms with Crippen LogP contribution in [0.15, 0.2) is 56.2 Å². The van der Waals surface area contributed by atoms with Gasteiger partial charge in [-0.3, -0.25) is 4.79 Å². The molecule has 2 heterocycles. The number of carbonyl (C=O) groups excluding carboxylic acids is 1. The fraction of sp³-hybridized carbons (Fsp3) is 0.167. The van der Waals surface area contributed by atoms with Crippen LogP contribution in [0, 0.1) is 13.8 Å². The molecule has 3 N–H and O–H groups in total. The minimum atomic E-state index is -3.74. The number of thiophene rings is 1. The van der Waals surface area contributed by atoms with E-state index in [-0.39, 0.29) is 31.7 Å². The molecule has 0 unspecified atom stereocenters. The standard InChI is InChI=1S/C18H18N4O3S3/c1-11-5-3-6-12(2)16(11)21-14(23)10-27-18-20-9-13(17(19)22-18)28(24,25)15-7-4-8-26-15/h3-9H,10H2,1-2H3,(H,21,23)(H2,19,20,22). The van der Waals surface area contributed by atoms with E-state index in [4.69, 9.17) is 5.73 Å². The Morgan fingerprint density at radius 2 is 1.93 bits per heavy atom. The molecular formula is C18H18N4O3S3. The third-order valence-electron chi connectivity index (χ3n) is 3.89. The highest BCUT2D eigenvalue weighted by molar-refractivity contribution is 7.99. The zero-order chi connectivity index (χ0) is 20.3. The summed E-state index contributed by atoms with van der Waals surface area (Å²) in [5.74, 6) is -0.273. The topological polar surface area (TPSA) is 115 Å². The summed E-state index contributed by atoms with van der Waals surface area (Å²) in [6, 6.07) is 8.92. The maximum Gasteiger partial charge on any atom is 0.234 e. The van der Waals surface area contributed by atoms with Crippen molar-refractivity contribution < 1.29 is 13.2 Å². The number of nitrogens with two attached hydrogens (primary N) is 1. The fourth-order valence-electron chi connectivity index (χ4n) is 2.49. The Kier molecular flexibility index (Phi) is 6.01. The number of hydrogen-bond acceptors (Lipinski definition) is 8. The van der Waals surface area contributed by atoms with Gasteiger partial charge >= 0.3 is 0 Å². The van der Waals surface area contributed by atoms with E-state index >= 15 is 0 Å². The van der Waals surface area contributed by atoms with Crippen molar-refractivity contribution in [1.29, 1.82) is 0 Å². The number of nitrogens with zero attached hydrogens (tertiary/aromatic N) is 2. The van der Waals surface area contributed by atoms with Gasteiger partial charge in [0.05, 0.1) is 11.9 Å². The smallest absolute Gasteiger partial charge is 0.234 e. The summed E-state index contributed by atoms with van der Waals surface area (Å²) < 4.78 is 25.3. The Labute approximate surface area is 171 Å². The molecule has 0 bridgehead atoms. The van der Waals surface area contributed by atoms with Gasteiger partial charge in [-0.2, -0.15) is 0 Å². The minimum absolute atomic E-state index is 0.0736. The van der Waals surface area contributed by atoms with E-state index < -0.39 is 9.84 Å². The van der Waals surface area contributed by atoms with E-state index in [0.29, 0.717) is 0 Å². The monoisotopic (exact) mass is 434 g/mol. The second-order valence-electron chi connectivity index (χ2n) is 5.94. The third kappa shape index (κ3) is 4.34. The highest BCUT2D eigenvalue weighted by Gasteiger charge is 2.23. The van der Waals surface area contributed by atoms with Crippen LogP contribution < -0.4 is 11.1 Å². The van der Waals surface area contributed by atoms with Crippen molar-refractivity contribution in [3.63, 3.8) is 0 Å². The summed E-state index contributed by atoms with van der Waals surface area (Å²) in [6.07, 6.45) is 1.18. The summed E-state index contributed by atoms with van der Waals surface area (Å²) >= 11 is 2.18. The molecule has 2 aromatic heterocycles. The van der Waals surface area contributed by atoms with Crippen LogP contribution in [0.1, 0.15) is 11.1 Å². The van der Waals surface area contributed by atoms with E-state index in [9.17, 15) is 13.2 Å². The second-order valence-corrected chi connectivity index (χ2v) is 9.98. The third-order valence-corrected chi connectivity index (χ3v) is 7.92. The van der Waals surface area contributed by atoms with E-state index in [1.165, 1.54) is 12.3 Å². The molecule has 0 saturated heterocycles. The largest absolute Gasteiger partial charge is 0.382 e. The number of hydrogen-bond donors (Lipinski definition) is 2. The lowest BCUT2D eigenvalue weighted by molar-refractivity contribution is -0.113. The van der Waals surface area contributed by atoms with Gasteiger partial charge in [0.15, 0.2) is 5.16 Å². The van der Waals surface area contributed by atoms with Crippen molar-refractivity contribution in [2.24, 2.45) is 0 Å². The van der Waals surface area contributed by atoms with Crippen molar-refractivity contribution in [3.8, 4) is 0 Å². The molecule has 28 heavy (non-hydrogen) atoms. The first-order valence-corrected chi connectivity index (χ1v) is 11.5. The van der Waals surface area contributed by atoms with Crippen molar-refractivity contribution in [3.05, 3.63) is 53.0 Å². The number of nitrogens with one attached hydrogen (secondary N) is 1. The van der Waals surface area contributed by atoms with Crippen LogP contribution in [0.3, 0.4) is 0 Å². The maximum atomic E-state index is 12.5. The highest BCUT2D eigenvalue weighted by atomic mass is 32.2. The molecule has 0 aliphatic heterocycles. The number of para-hydroxylation sites is 1. The number of aryl methyl sites for hydroxylation is 2. The number of amides is 1. The zero-order valence-electron chi connectivity index (χ0n) is 15.2. The first kappa shape index (κ1) is 20.3. The molecule has 7 nitrogen and oxygen atoms in total. The van der Waals surface area contributed by atoms with Crippen molar-refractivity contribution in [1.82, 2.24) is 9.97 Å². The molecule has 0 aliphatic carbocycles.